The number of rotatable bonds is 2. The highest BCUT2D eigenvalue weighted by Crippen LogP contribution is 2.19. The maximum absolute atomic E-state index is 5.69. The molecule has 0 fully saturated rings. The summed E-state index contributed by atoms with van der Waals surface area (Å²) in [5.41, 5.74) is 7.19. The summed E-state index contributed by atoms with van der Waals surface area (Å²) >= 11 is 3.41. The van der Waals surface area contributed by atoms with E-state index in [0.717, 1.165) is 28.8 Å². The Labute approximate surface area is 90.3 Å². The highest BCUT2D eigenvalue weighted by molar-refractivity contribution is 9.10. The highest BCUT2D eigenvalue weighted by Gasteiger charge is 2.06. The first-order valence-corrected chi connectivity index (χ1v) is 5.30. The molecule has 0 radical (unpaired) electrons. The summed E-state index contributed by atoms with van der Waals surface area (Å²) in [5.74, 6) is 0.860. The molecular formula is C9H11BrN4. The Bertz CT molecular complexity index is 463. The van der Waals surface area contributed by atoms with Crippen molar-refractivity contribution in [2.45, 2.75) is 19.8 Å². The van der Waals surface area contributed by atoms with Crippen LogP contribution >= 0.6 is 15.9 Å². The third kappa shape index (κ3) is 1.59. The Kier molecular flexibility index (Phi) is 2.41. The van der Waals surface area contributed by atoms with Gasteiger partial charge in [-0.1, -0.05) is 6.92 Å². The minimum Gasteiger partial charge on any atom is -0.397 e. The van der Waals surface area contributed by atoms with Crippen LogP contribution in [0.2, 0.25) is 0 Å². The van der Waals surface area contributed by atoms with Gasteiger partial charge in [0.2, 0.25) is 0 Å². The molecule has 0 amide bonds. The van der Waals surface area contributed by atoms with Crippen LogP contribution in [0.1, 0.15) is 19.2 Å². The number of anilines is 1. The molecule has 0 aliphatic heterocycles. The number of hydrogen-bond donors (Lipinski definition) is 1. The van der Waals surface area contributed by atoms with Gasteiger partial charge >= 0.3 is 0 Å². The fourth-order valence-corrected chi connectivity index (χ4v) is 1.87. The third-order valence-electron chi connectivity index (χ3n) is 1.93. The zero-order chi connectivity index (χ0) is 10.1. The second-order valence-electron chi connectivity index (χ2n) is 3.17. The maximum Gasteiger partial charge on any atom is 0.169 e. The summed E-state index contributed by atoms with van der Waals surface area (Å²) in [7, 11) is 0. The molecule has 2 N–H and O–H groups in total. The lowest BCUT2D eigenvalue weighted by molar-refractivity contribution is 0.819. The molecule has 2 heterocycles. The summed E-state index contributed by atoms with van der Waals surface area (Å²) in [6.45, 7) is 2.11. The lowest BCUT2D eigenvalue weighted by Crippen LogP contribution is -1.93. The molecule has 0 bridgehead atoms. The molecule has 0 saturated heterocycles. The van der Waals surface area contributed by atoms with Crippen molar-refractivity contribution < 1.29 is 0 Å². The molecule has 0 spiro atoms. The molecule has 2 rings (SSSR count). The SMILES string of the molecule is CCCc1nc2c(Br)cc(N)cn2n1. The van der Waals surface area contributed by atoms with Gasteiger partial charge in [0.25, 0.3) is 0 Å². The molecule has 4 nitrogen and oxygen atoms in total. The highest BCUT2D eigenvalue weighted by atomic mass is 79.9. The minimum atomic E-state index is 0.678. The Morgan fingerprint density at radius 3 is 3.07 bits per heavy atom. The van der Waals surface area contributed by atoms with Crippen molar-refractivity contribution in [2.24, 2.45) is 0 Å². The van der Waals surface area contributed by atoms with Crippen LogP contribution in [0.3, 0.4) is 0 Å². The second-order valence-corrected chi connectivity index (χ2v) is 4.02. The zero-order valence-electron chi connectivity index (χ0n) is 7.87. The van der Waals surface area contributed by atoms with E-state index in [2.05, 4.69) is 32.9 Å². The van der Waals surface area contributed by atoms with Gasteiger partial charge in [-0.05, 0) is 28.4 Å². The number of aryl methyl sites for hydroxylation is 1. The first kappa shape index (κ1) is 9.45. The van der Waals surface area contributed by atoms with Gasteiger partial charge in [0, 0.05) is 6.42 Å². The van der Waals surface area contributed by atoms with Gasteiger partial charge in [-0.3, -0.25) is 0 Å². The van der Waals surface area contributed by atoms with Crippen molar-refractivity contribution in [1.82, 2.24) is 14.6 Å². The van der Waals surface area contributed by atoms with Crippen LogP contribution in [-0.2, 0) is 6.42 Å². The number of hydrogen-bond acceptors (Lipinski definition) is 3. The van der Waals surface area contributed by atoms with Gasteiger partial charge in [0.1, 0.15) is 0 Å². The first-order valence-electron chi connectivity index (χ1n) is 4.51. The lowest BCUT2D eigenvalue weighted by atomic mass is 10.3. The summed E-state index contributed by atoms with van der Waals surface area (Å²) in [6, 6.07) is 1.83. The fourth-order valence-electron chi connectivity index (χ4n) is 1.34. The summed E-state index contributed by atoms with van der Waals surface area (Å²) < 4.78 is 2.59. The second kappa shape index (κ2) is 3.57. The number of halogens is 1. The van der Waals surface area contributed by atoms with Gasteiger partial charge in [-0.25, -0.2) is 9.50 Å². The molecule has 0 aliphatic rings. The molecular weight excluding hydrogens is 244 g/mol. The van der Waals surface area contributed by atoms with Crippen LogP contribution in [0, 0.1) is 0 Å². The molecule has 0 saturated carbocycles. The molecule has 2 aromatic heterocycles. The largest absolute Gasteiger partial charge is 0.397 e. The minimum absolute atomic E-state index is 0.678. The Hall–Kier alpha value is -1.10. The third-order valence-corrected chi connectivity index (χ3v) is 2.51. The van der Waals surface area contributed by atoms with Crippen molar-refractivity contribution in [2.75, 3.05) is 5.73 Å². The number of pyridine rings is 1. The predicted molar refractivity (Wildman–Crippen MR) is 59.1 cm³/mol. The molecule has 0 atom stereocenters. The summed E-state index contributed by atoms with van der Waals surface area (Å²) in [6.07, 6.45) is 3.71. The van der Waals surface area contributed by atoms with Crippen molar-refractivity contribution in [3.63, 3.8) is 0 Å². The first-order chi connectivity index (χ1) is 6.70. The summed E-state index contributed by atoms with van der Waals surface area (Å²) in [5, 5.41) is 4.32. The van der Waals surface area contributed by atoms with Crippen molar-refractivity contribution in [1.29, 1.82) is 0 Å². The van der Waals surface area contributed by atoms with E-state index in [4.69, 9.17) is 5.73 Å². The van der Waals surface area contributed by atoms with Crippen LogP contribution in [0.5, 0.6) is 0 Å². The number of nitrogens with zero attached hydrogens (tertiary/aromatic N) is 3. The molecule has 0 aromatic carbocycles. The Morgan fingerprint density at radius 2 is 2.36 bits per heavy atom. The monoisotopic (exact) mass is 254 g/mol. The fraction of sp³-hybridized carbons (Fsp3) is 0.333. The normalized spacial score (nSPS) is 11.0. The van der Waals surface area contributed by atoms with E-state index in [1.54, 1.807) is 10.7 Å². The molecule has 0 aliphatic carbocycles. The number of nitrogen functional groups attached to an aromatic ring is 1. The van der Waals surface area contributed by atoms with E-state index in [1.807, 2.05) is 6.07 Å². The van der Waals surface area contributed by atoms with Crippen LogP contribution in [0.15, 0.2) is 16.7 Å². The summed E-state index contributed by atoms with van der Waals surface area (Å²) in [4.78, 5) is 4.39. The van der Waals surface area contributed by atoms with Gasteiger partial charge in [-0.2, -0.15) is 5.10 Å². The number of aromatic nitrogens is 3. The van der Waals surface area contributed by atoms with Gasteiger partial charge in [0.15, 0.2) is 11.5 Å². The van der Waals surface area contributed by atoms with Gasteiger partial charge in [-0.15, -0.1) is 0 Å². The van der Waals surface area contributed by atoms with Crippen LogP contribution in [0.25, 0.3) is 5.65 Å². The Morgan fingerprint density at radius 1 is 1.57 bits per heavy atom. The average molecular weight is 255 g/mol. The van der Waals surface area contributed by atoms with E-state index in [1.165, 1.54) is 0 Å². The number of nitrogens with two attached hydrogens (primary N) is 1. The van der Waals surface area contributed by atoms with Gasteiger partial charge < -0.3 is 5.73 Å². The zero-order valence-corrected chi connectivity index (χ0v) is 9.45. The Balaban J connectivity index is 2.58. The molecule has 14 heavy (non-hydrogen) atoms. The average Bonchev–Trinajstić information content (AvgIpc) is 2.48. The topological polar surface area (TPSA) is 56.2 Å². The van der Waals surface area contributed by atoms with E-state index in [0.29, 0.717) is 5.69 Å². The number of fused-ring (bicyclic) bond motifs is 1. The smallest absolute Gasteiger partial charge is 0.169 e. The van der Waals surface area contributed by atoms with Crippen LogP contribution in [-0.4, -0.2) is 14.6 Å². The molecule has 5 heteroatoms. The molecule has 0 unspecified atom stereocenters. The van der Waals surface area contributed by atoms with Crippen LogP contribution in [0.4, 0.5) is 5.69 Å². The molecule has 2 aromatic rings. The van der Waals surface area contributed by atoms with Gasteiger partial charge in [0.05, 0.1) is 16.4 Å². The predicted octanol–water partition coefficient (Wildman–Crippen LogP) is 2.03. The van der Waals surface area contributed by atoms with Crippen molar-refractivity contribution in [3.05, 3.63) is 22.6 Å². The van der Waals surface area contributed by atoms with Crippen molar-refractivity contribution >= 4 is 27.3 Å². The van der Waals surface area contributed by atoms with E-state index in [-0.39, 0.29) is 0 Å². The molecule has 74 valence electrons. The quantitative estimate of drug-likeness (QED) is 0.893. The van der Waals surface area contributed by atoms with E-state index >= 15 is 0 Å². The van der Waals surface area contributed by atoms with Crippen molar-refractivity contribution in [3.8, 4) is 0 Å². The maximum atomic E-state index is 5.69. The lowest BCUT2D eigenvalue weighted by Gasteiger charge is -1.96. The van der Waals surface area contributed by atoms with E-state index < -0.39 is 0 Å². The standard InChI is InChI=1S/C9H11BrN4/c1-2-3-8-12-9-7(10)4-6(11)5-14(9)13-8/h4-5H,2-3,11H2,1H3. The van der Waals surface area contributed by atoms with Crippen LogP contribution < -0.4 is 5.73 Å². The van der Waals surface area contributed by atoms with E-state index in [9.17, 15) is 0 Å².